The minimum atomic E-state index is -5.18. The summed E-state index contributed by atoms with van der Waals surface area (Å²) in [4.78, 5) is 14.2. The molecule has 1 aliphatic carbocycles. The van der Waals surface area contributed by atoms with Crippen molar-refractivity contribution in [1.82, 2.24) is 19.9 Å². The molecule has 1 saturated carbocycles. The maximum Gasteiger partial charge on any atom is 0.451 e. The number of hydrogen-bond donors (Lipinski definition) is 2. The molecule has 2 N–H and O–H groups in total. The highest BCUT2D eigenvalue weighted by molar-refractivity contribution is 6.31. The lowest BCUT2D eigenvalue weighted by atomic mass is 9.89. The second kappa shape index (κ2) is 8.51. The van der Waals surface area contributed by atoms with E-state index >= 15 is 0 Å². The molecule has 6 nitrogen and oxygen atoms in total. The second-order valence-electron chi connectivity index (χ2n) is 9.01. The third kappa shape index (κ3) is 4.65. The van der Waals surface area contributed by atoms with Gasteiger partial charge in [0.25, 0.3) is 0 Å². The van der Waals surface area contributed by atoms with E-state index < -0.39 is 42.1 Å². The van der Waals surface area contributed by atoms with E-state index in [1.54, 1.807) is 18.2 Å². The van der Waals surface area contributed by atoms with Crippen LogP contribution in [0.3, 0.4) is 0 Å². The Balaban J connectivity index is 1.63. The van der Waals surface area contributed by atoms with Crippen LogP contribution in [0.4, 0.5) is 32.3 Å². The fraction of sp³-hybridized carbons (Fsp3) is 0.500. The molecule has 5 rings (SSSR count). The number of alkyl halides is 6. The van der Waals surface area contributed by atoms with E-state index in [1.165, 1.54) is 4.90 Å². The summed E-state index contributed by atoms with van der Waals surface area (Å²) < 4.78 is 80.4. The minimum absolute atomic E-state index is 0.0319. The van der Waals surface area contributed by atoms with Crippen molar-refractivity contribution in [3.63, 3.8) is 0 Å². The van der Waals surface area contributed by atoms with Gasteiger partial charge in [-0.15, -0.1) is 0 Å². The Morgan fingerprint density at radius 1 is 1.03 bits per heavy atom. The van der Waals surface area contributed by atoms with Crippen LogP contribution in [0.25, 0.3) is 10.9 Å². The van der Waals surface area contributed by atoms with Gasteiger partial charge >= 0.3 is 12.4 Å². The van der Waals surface area contributed by atoms with Crippen LogP contribution in [0.15, 0.2) is 18.2 Å². The zero-order valence-electron chi connectivity index (χ0n) is 18.1. The summed E-state index contributed by atoms with van der Waals surface area (Å²) in [5.74, 6) is -4.42. The summed E-state index contributed by atoms with van der Waals surface area (Å²) in [7, 11) is 0. The molecule has 2 aromatic heterocycles. The molecule has 3 atom stereocenters. The number of aliphatic hydroxyl groups is 1. The Morgan fingerprint density at radius 2 is 1.71 bits per heavy atom. The average Bonchev–Trinajstić information content (AvgIpc) is 3.35. The van der Waals surface area contributed by atoms with Crippen LogP contribution in [-0.2, 0) is 18.8 Å². The fourth-order valence-electron chi connectivity index (χ4n) is 5.15. The number of H-pyrrole nitrogens is 1. The maximum absolute atomic E-state index is 13.4. The molecule has 35 heavy (non-hydrogen) atoms. The van der Waals surface area contributed by atoms with E-state index in [1.807, 2.05) is 0 Å². The van der Waals surface area contributed by atoms with Crippen molar-refractivity contribution in [2.24, 2.45) is 5.92 Å². The van der Waals surface area contributed by atoms with Crippen molar-refractivity contribution < 1.29 is 31.4 Å². The van der Waals surface area contributed by atoms with Crippen LogP contribution >= 0.6 is 11.6 Å². The number of hydrogen-bond acceptors (Lipinski definition) is 5. The van der Waals surface area contributed by atoms with Gasteiger partial charge in [0.2, 0.25) is 17.6 Å². The number of halogens is 7. The predicted molar refractivity (Wildman–Crippen MR) is 115 cm³/mol. The monoisotopic (exact) mass is 519 g/mol. The molecule has 3 aromatic rings. The van der Waals surface area contributed by atoms with Gasteiger partial charge < -0.3 is 15.0 Å². The number of rotatable bonds is 3. The Bertz CT molecular complexity index is 1230. The topological polar surface area (TPSA) is 77.9 Å². The zero-order valence-corrected chi connectivity index (χ0v) is 18.8. The Hall–Kier alpha value is -2.60. The maximum atomic E-state index is 13.4. The van der Waals surface area contributed by atoms with E-state index in [0.29, 0.717) is 42.8 Å². The summed E-state index contributed by atoms with van der Waals surface area (Å²) >= 11 is 6.16. The number of aromatic amines is 1. The van der Waals surface area contributed by atoms with E-state index in [9.17, 15) is 31.4 Å². The minimum Gasteiger partial charge on any atom is -0.393 e. The molecule has 3 heterocycles. The SMILES string of the molecule is O[C@@H]1CC[C@@H](C[C@H]2c3[nH]c4ccc(Cl)cc4c3CCN2c2nc(C(F)(F)F)nc(C(F)(F)F)n2)C1. The molecule has 188 valence electrons. The molecule has 1 aliphatic heterocycles. The van der Waals surface area contributed by atoms with Gasteiger partial charge in [-0.1, -0.05) is 11.6 Å². The first-order chi connectivity index (χ1) is 16.4. The van der Waals surface area contributed by atoms with Gasteiger partial charge in [0.1, 0.15) is 0 Å². The van der Waals surface area contributed by atoms with Crippen molar-refractivity contribution in [1.29, 1.82) is 0 Å². The van der Waals surface area contributed by atoms with Gasteiger partial charge in [-0.05, 0) is 61.8 Å². The van der Waals surface area contributed by atoms with E-state index in [0.717, 1.165) is 16.5 Å². The first-order valence-electron chi connectivity index (χ1n) is 11.1. The lowest BCUT2D eigenvalue weighted by molar-refractivity contribution is -0.155. The molecule has 13 heteroatoms. The van der Waals surface area contributed by atoms with Gasteiger partial charge in [0.05, 0.1) is 12.1 Å². The smallest absolute Gasteiger partial charge is 0.393 e. The highest BCUT2D eigenvalue weighted by Crippen LogP contribution is 2.43. The average molecular weight is 520 g/mol. The fourth-order valence-corrected chi connectivity index (χ4v) is 5.32. The third-order valence-corrected chi connectivity index (χ3v) is 6.91. The number of nitrogens with one attached hydrogen (secondary N) is 1. The number of benzene rings is 1. The molecule has 0 unspecified atom stereocenters. The van der Waals surface area contributed by atoms with Crippen LogP contribution in [0.1, 0.15) is 54.6 Å². The normalized spacial score (nSPS) is 23.2. The quantitative estimate of drug-likeness (QED) is 0.434. The van der Waals surface area contributed by atoms with E-state index in [-0.39, 0.29) is 12.5 Å². The van der Waals surface area contributed by atoms with Gasteiger partial charge in [-0.3, -0.25) is 0 Å². The summed E-state index contributed by atoms with van der Waals surface area (Å²) in [6, 6.07) is 4.64. The van der Waals surface area contributed by atoms with Crippen molar-refractivity contribution >= 4 is 28.5 Å². The molecule has 0 bridgehead atoms. The molecule has 0 amide bonds. The molecule has 0 spiro atoms. The Kier molecular flexibility index (Phi) is 5.86. The van der Waals surface area contributed by atoms with Crippen molar-refractivity contribution in [2.45, 2.75) is 56.6 Å². The molecule has 0 radical (unpaired) electrons. The number of aromatic nitrogens is 4. The zero-order chi connectivity index (χ0) is 25.1. The highest BCUT2D eigenvalue weighted by Gasteiger charge is 2.43. The largest absolute Gasteiger partial charge is 0.451 e. The molecule has 1 fully saturated rings. The molecule has 0 saturated heterocycles. The lowest BCUT2D eigenvalue weighted by Gasteiger charge is -2.37. The number of anilines is 1. The number of fused-ring (bicyclic) bond motifs is 3. The van der Waals surface area contributed by atoms with Crippen LogP contribution in [0.2, 0.25) is 5.02 Å². The van der Waals surface area contributed by atoms with E-state index in [4.69, 9.17) is 11.6 Å². The summed E-state index contributed by atoms with van der Waals surface area (Å²) in [5.41, 5.74) is 2.35. The lowest BCUT2D eigenvalue weighted by Crippen LogP contribution is -2.38. The summed E-state index contributed by atoms with van der Waals surface area (Å²) in [6.45, 7) is 0.102. The number of nitrogens with zero attached hydrogens (tertiary/aromatic N) is 4. The van der Waals surface area contributed by atoms with Crippen LogP contribution in [0, 0.1) is 5.92 Å². The highest BCUT2D eigenvalue weighted by atomic mass is 35.5. The summed E-state index contributed by atoms with van der Waals surface area (Å²) in [5, 5.41) is 11.4. The van der Waals surface area contributed by atoms with Crippen LogP contribution in [-0.4, -0.2) is 37.7 Å². The predicted octanol–water partition coefficient (Wildman–Crippen LogP) is 5.70. The Labute approximate surface area is 200 Å². The van der Waals surface area contributed by atoms with Crippen LogP contribution in [0.5, 0.6) is 0 Å². The number of aliphatic hydroxyl groups excluding tert-OH is 1. The van der Waals surface area contributed by atoms with Gasteiger partial charge in [0.15, 0.2) is 0 Å². The Morgan fingerprint density at radius 3 is 2.31 bits per heavy atom. The third-order valence-electron chi connectivity index (χ3n) is 6.67. The summed E-state index contributed by atoms with van der Waals surface area (Å²) in [6.07, 6.45) is -8.30. The van der Waals surface area contributed by atoms with Crippen molar-refractivity contribution in [3.05, 3.63) is 46.1 Å². The molecular formula is C22H20ClF6N5O. The van der Waals surface area contributed by atoms with Crippen molar-refractivity contribution in [3.8, 4) is 0 Å². The molecular weight excluding hydrogens is 500 g/mol. The molecule has 1 aromatic carbocycles. The second-order valence-corrected chi connectivity index (χ2v) is 9.45. The van der Waals surface area contributed by atoms with Crippen molar-refractivity contribution in [2.75, 3.05) is 11.4 Å². The van der Waals surface area contributed by atoms with Crippen LogP contribution < -0.4 is 4.90 Å². The first-order valence-corrected chi connectivity index (χ1v) is 11.4. The van der Waals surface area contributed by atoms with Gasteiger partial charge in [-0.2, -0.15) is 36.3 Å². The van der Waals surface area contributed by atoms with E-state index in [2.05, 4.69) is 19.9 Å². The van der Waals surface area contributed by atoms with Gasteiger partial charge in [-0.25, -0.2) is 4.98 Å². The van der Waals surface area contributed by atoms with Gasteiger partial charge in [0, 0.05) is 28.2 Å². The first kappa shape index (κ1) is 24.1. The standard InChI is InChI=1S/C22H20ClF6N5O/c23-11-2-4-15-14(9-11)13-5-6-34(16(17(13)30-15)8-10-1-3-12(35)7-10)20-32-18(21(24,25)26)31-19(33-20)22(27,28)29/h2,4,9-10,12,16,30,35H,1,3,5-8H2/t10-,12-,16+/m1/s1. The molecule has 2 aliphatic rings.